The number of aliphatic hydroxyl groups is 3. The molecular weight excluding hydrogens is 440 g/mol. The lowest BCUT2D eigenvalue weighted by Crippen LogP contribution is -2.73. The molecule has 0 saturated heterocycles. The van der Waals surface area contributed by atoms with Crippen LogP contribution in [0.1, 0.15) is 77.2 Å². The predicted molar refractivity (Wildman–Crippen MR) is 120 cm³/mol. The highest BCUT2D eigenvalue weighted by molar-refractivity contribution is 5.89. The Balaban J connectivity index is 1.53. The number of ether oxygens (including phenoxy) is 1. The van der Waals surface area contributed by atoms with Gasteiger partial charge >= 0.3 is 11.6 Å². The average molecular weight is 475 g/mol. The summed E-state index contributed by atoms with van der Waals surface area (Å²) in [6, 6.07) is 2.97. The first-order chi connectivity index (χ1) is 15.9. The highest BCUT2D eigenvalue weighted by Gasteiger charge is 2.75. The van der Waals surface area contributed by atoms with Gasteiger partial charge in [-0.15, -0.1) is 0 Å². The van der Waals surface area contributed by atoms with Crippen LogP contribution in [0.4, 0.5) is 0 Å². The van der Waals surface area contributed by atoms with Crippen LogP contribution in [0.2, 0.25) is 0 Å². The van der Waals surface area contributed by atoms with Crippen LogP contribution in [0.5, 0.6) is 0 Å². The van der Waals surface area contributed by atoms with Crippen LogP contribution in [0.15, 0.2) is 27.6 Å². The maximum absolute atomic E-state index is 13.9. The van der Waals surface area contributed by atoms with Gasteiger partial charge in [0.1, 0.15) is 12.2 Å². The molecule has 3 N–H and O–H groups in total. The van der Waals surface area contributed by atoms with Gasteiger partial charge in [0.2, 0.25) is 0 Å². The summed E-state index contributed by atoms with van der Waals surface area (Å²) in [5.41, 5.74) is -4.34. The van der Waals surface area contributed by atoms with Crippen molar-refractivity contribution in [3.8, 4) is 0 Å². The van der Waals surface area contributed by atoms with E-state index in [2.05, 4.69) is 0 Å². The van der Waals surface area contributed by atoms with E-state index in [1.54, 1.807) is 13.0 Å². The molecule has 0 aliphatic heterocycles. The van der Waals surface area contributed by atoms with E-state index in [1.807, 2.05) is 6.92 Å². The number of fused-ring (bicyclic) bond motifs is 5. The van der Waals surface area contributed by atoms with Crippen molar-refractivity contribution in [2.24, 2.45) is 22.7 Å². The molecule has 0 bridgehead atoms. The van der Waals surface area contributed by atoms with Crippen molar-refractivity contribution in [2.45, 2.75) is 95.0 Å². The Morgan fingerprint density at radius 3 is 2.47 bits per heavy atom. The third-order valence-electron chi connectivity index (χ3n) is 10.3. The van der Waals surface area contributed by atoms with E-state index in [-0.39, 0.29) is 18.1 Å². The van der Waals surface area contributed by atoms with Gasteiger partial charge in [-0.05, 0) is 62.0 Å². The first-order valence-corrected chi connectivity index (χ1v) is 12.3. The molecule has 1 unspecified atom stereocenters. The summed E-state index contributed by atoms with van der Waals surface area (Å²) in [5, 5.41) is 35.5. The molecule has 34 heavy (non-hydrogen) atoms. The molecule has 0 radical (unpaired) electrons. The molecule has 0 amide bonds. The van der Waals surface area contributed by atoms with Gasteiger partial charge in [0.15, 0.2) is 5.78 Å². The zero-order valence-electron chi connectivity index (χ0n) is 20.0. The van der Waals surface area contributed by atoms with Crippen LogP contribution in [-0.2, 0) is 14.3 Å². The second kappa shape index (κ2) is 7.48. The standard InChI is InChI=1S/C26H34O8/c1-14(27)34-16-6-9-23(2)20-18(7-10-25(23,31)12-16)26(32)11-8-17(15-4-5-19(28)33-13-15)24(26,3)22(30)21(20)29/h4-5,13,16-18,20,22,30-32H,6-12H2,1-3H3/t16-,17+,18+,20?,22+,23+,24-,25-,26-/m0/s1. The van der Waals surface area contributed by atoms with Crippen molar-refractivity contribution in [2.75, 3.05) is 0 Å². The molecule has 4 fully saturated rings. The second-order valence-corrected chi connectivity index (χ2v) is 11.5. The van der Waals surface area contributed by atoms with E-state index in [9.17, 15) is 29.7 Å². The molecule has 8 nitrogen and oxygen atoms in total. The maximum atomic E-state index is 13.9. The van der Waals surface area contributed by atoms with Crippen molar-refractivity contribution in [1.29, 1.82) is 0 Å². The average Bonchev–Trinajstić information content (AvgIpc) is 3.05. The lowest BCUT2D eigenvalue weighted by molar-refractivity contribution is -0.261. The number of aliphatic hydroxyl groups excluding tert-OH is 1. The fourth-order valence-electron chi connectivity index (χ4n) is 8.40. The molecule has 186 valence electrons. The Kier molecular flexibility index (Phi) is 5.22. The molecule has 8 heteroatoms. The van der Waals surface area contributed by atoms with Crippen LogP contribution < -0.4 is 5.63 Å². The number of rotatable bonds is 2. The Bertz CT molecular complexity index is 1060. The molecule has 0 aromatic carbocycles. The number of hydrogen-bond donors (Lipinski definition) is 3. The lowest BCUT2D eigenvalue weighted by Gasteiger charge is -2.66. The van der Waals surface area contributed by atoms with Crippen LogP contribution in [0.25, 0.3) is 0 Å². The highest BCUT2D eigenvalue weighted by atomic mass is 16.5. The minimum atomic E-state index is -1.43. The number of Topliss-reactive ketones (excluding diaryl/α,β-unsaturated/α-hetero) is 1. The highest BCUT2D eigenvalue weighted by Crippen LogP contribution is 2.70. The number of esters is 1. The molecule has 1 heterocycles. The van der Waals surface area contributed by atoms with Gasteiger partial charge < -0.3 is 24.5 Å². The van der Waals surface area contributed by atoms with E-state index in [0.29, 0.717) is 44.1 Å². The fraction of sp³-hybridized carbons (Fsp3) is 0.731. The van der Waals surface area contributed by atoms with E-state index >= 15 is 0 Å². The van der Waals surface area contributed by atoms with Crippen molar-refractivity contribution in [3.05, 3.63) is 34.4 Å². The third kappa shape index (κ3) is 2.91. The fourth-order valence-corrected chi connectivity index (χ4v) is 8.40. The molecule has 1 aromatic heterocycles. The van der Waals surface area contributed by atoms with Crippen LogP contribution in [0, 0.1) is 22.7 Å². The molecule has 0 spiro atoms. The summed E-state index contributed by atoms with van der Waals surface area (Å²) in [7, 11) is 0. The number of ketones is 1. The summed E-state index contributed by atoms with van der Waals surface area (Å²) in [4.78, 5) is 36.9. The molecule has 4 aliphatic rings. The number of hydrogen-bond acceptors (Lipinski definition) is 8. The Morgan fingerprint density at radius 1 is 1.09 bits per heavy atom. The van der Waals surface area contributed by atoms with Crippen molar-refractivity contribution in [3.63, 3.8) is 0 Å². The van der Waals surface area contributed by atoms with Gasteiger partial charge in [-0.1, -0.05) is 13.8 Å². The predicted octanol–water partition coefficient (Wildman–Crippen LogP) is 2.08. The first kappa shape index (κ1) is 23.7. The molecular formula is C26H34O8. The van der Waals surface area contributed by atoms with Gasteiger partial charge in [-0.3, -0.25) is 9.59 Å². The zero-order valence-corrected chi connectivity index (χ0v) is 20.0. The molecule has 4 aliphatic carbocycles. The zero-order chi connectivity index (χ0) is 24.7. The summed E-state index contributed by atoms with van der Waals surface area (Å²) < 4.78 is 10.5. The van der Waals surface area contributed by atoms with Crippen molar-refractivity contribution >= 4 is 11.8 Å². The second-order valence-electron chi connectivity index (χ2n) is 11.5. The summed E-state index contributed by atoms with van der Waals surface area (Å²) >= 11 is 0. The van der Waals surface area contributed by atoms with Crippen LogP contribution in [0.3, 0.4) is 0 Å². The quantitative estimate of drug-likeness (QED) is 0.555. The summed E-state index contributed by atoms with van der Waals surface area (Å²) in [5.74, 6) is -2.20. The summed E-state index contributed by atoms with van der Waals surface area (Å²) in [6.07, 6.45) is 2.53. The lowest BCUT2D eigenvalue weighted by atomic mass is 9.41. The Labute approximate surface area is 198 Å². The maximum Gasteiger partial charge on any atom is 0.335 e. The van der Waals surface area contributed by atoms with E-state index < -0.39 is 57.7 Å². The smallest absolute Gasteiger partial charge is 0.335 e. The largest absolute Gasteiger partial charge is 0.462 e. The van der Waals surface area contributed by atoms with Gasteiger partial charge in [0, 0.05) is 36.2 Å². The molecule has 5 rings (SSSR count). The van der Waals surface area contributed by atoms with Crippen LogP contribution in [-0.4, -0.2) is 50.5 Å². The Morgan fingerprint density at radius 2 is 1.82 bits per heavy atom. The van der Waals surface area contributed by atoms with Gasteiger partial charge in [0.25, 0.3) is 0 Å². The minimum absolute atomic E-state index is 0.247. The number of carbonyl (C=O) groups excluding carboxylic acids is 2. The van der Waals surface area contributed by atoms with Crippen LogP contribution >= 0.6 is 0 Å². The van der Waals surface area contributed by atoms with E-state index in [4.69, 9.17) is 9.15 Å². The molecule has 9 atom stereocenters. The van der Waals surface area contributed by atoms with Crippen molar-refractivity contribution in [1.82, 2.24) is 0 Å². The van der Waals surface area contributed by atoms with E-state index in [0.717, 1.165) is 0 Å². The Hall–Kier alpha value is -2.03. The molecule has 4 saturated carbocycles. The minimum Gasteiger partial charge on any atom is -0.462 e. The molecule has 1 aromatic rings. The number of carbonyl (C=O) groups is 2. The topological polar surface area (TPSA) is 134 Å². The van der Waals surface area contributed by atoms with Crippen molar-refractivity contribution < 1.29 is 34.1 Å². The van der Waals surface area contributed by atoms with Gasteiger partial charge in [-0.2, -0.15) is 0 Å². The monoisotopic (exact) mass is 474 g/mol. The van der Waals surface area contributed by atoms with Gasteiger partial charge in [-0.25, -0.2) is 4.79 Å². The first-order valence-electron chi connectivity index (χ1n) is 12.3. The SMILES string of the molecule is CC(=O)O[C@H]1CC[C@]2(C)C3C(=O)[C@@H](O)[C@]4(C)[C@@H](c5ccc(=O)oc5)CC[C@]4(O)[C@@H]3CC[C@]2(O)C1. The normalized spacial score (nSPS) is 47.9. The van der Waals surface area contributed by atoms with Gasteiger partial charge in [0.05, 0.1) is 17.5 Å². The summed E-state index contributed by atoms with van der Waals surface area (Å²) in [6.45, 7) is 5.01. The third-order valence-corrected chi connectivity index (χ3v) is 10.3. The van der Waals surface area contributed by atoms with E-state index in [1.165, 1.54) is 19.3 Å².